The summed E-state index contributed by atoms with van der Waals surface area (Å²) < 4.78 is 58.3. The van der Waals surface area contributed by atoms with Gasteiger partial charge in [-0.15, -0.1) is 0 Å². The van der Waals surface area contributed by atoms with Gasteiger partial charge in [0.1, 0.15) is 11.9 Å². The van der Waals surface area contributed by atoms with Crippen molar-refractivity contribution in [3.63, 3.8) is 0 Å². The van der Waals surface area contributed by atoms with Crippen LogP contribution in [0.1, 0.15) is 71.3 Å². The number of carbonyl (C=O) groups is 2. The molecule has 1 aromatic carbocycles. The van der Waals surface area contributed by atoms with Crippen molar-refractivity contribution in [2.75, 3.05) is 31.1 Å². The molecule has 3 heterocycles. The van der Waals surface area contributed by atoms with E-state index in [1.165, 1.54) is 0 Å². The third kappa shape index (κ3) is 9.52. The van der Waals surface area contributed by atoms with Gasteiger partial charge in [0.2, 0.25) is 20.0 Å². The molecule has 260 valence electrons. The van der Waals surface area contributed by atoms with E-state index in [4.69, 9.17) is 5.11 Å². The van der Waals surface area contributed by atoms with Crippen molar-refractivity contribution in [1.29, 1.82) is 0 Å². The summed E-state index contributed by atoms with van der Waals surface area (Å²) in [6, 6.07) is 8.88. The number of nitrogens with zero attached hydrogens (tertiary/aromatic N) is 3. The summed E-state index contributed by atoms with van der Waals surface area (Å²) in [5, 5.41) is 17.7. The lowest BCUT2D eigenvalue weighted by molar-refractivity contribution is -0.145. The fourth-order valence-electron chi connectivity index (χ4n) is 6.47. The second kappa shape index (κ2) is 15.3. The average Bonchev–Trinajstić information content (AvgIpc) is 3.00. The molecule has 0 spiro atoms. The fourth-order valence-corrected chi connectivity index (χ4v) is 10.4. The number of rotatable bonds is 13. The first kappa shape index (κ1) is 37.2. The molecule has 4 rings (SSSR count). The molecule has 1 aromatic heterocycles. The van der Waals surface area contributed by atoms with Gasteiger partial charge in [-0.05, 0) is 88.7 Å². The second-order valence-corrected chi connectivity index (χ2v) is 18.3. The molecule has 2 aliphatic rings. The van der Waals surface area contributed by atoms with E-state index in [1.54, 1.807) is 28.7 Å². The van der Waals surface area contributed by atoms with Gasteiger partial charge in [-0.3, -0.25) is 9.59 Å². The SMILES string of the molecule is CC(C)(C)c1ccc(S(=O)(=O)N2CCC(CCCC3CCN(c4ncccc4Br)CC3S(=O)(=O)NC(CC(=O)O)C(=O)O)CC2)cc1. The van der Waals surface area contributed by atoms with Crippen LogP contribution in [0.15, 0.2) is 52.0 Å². The maximum Gasteiger partial charge on any atom is 0.322 e. The smallest absolute Gasteiger partial charge is 0.322 e. The first-order chi connectivity index (χ1) is 22.0. The fraction of sp³-hybridized carbons (Fsp3) is 0.594. The van der Waals surface area contributed by atoms with Crippen LogP contribution in [-0.2, 0) is 35.1 Å². The van der Waals surface area contributed by atoms with Crippen LogP contribution in [-0.4, -0.2) is 85.7 Å². The van der Waals surface area contributed by atoms with Gasteiger partial charge in [-0.25, -0.2) is 26.5 Å². The van der Waals surface area contributed by atoms with Crippen LogP contribution in [0.5, 0.6) is 0 Å². The van der Waals surface area contributed by atoms with Crippen molar-refractivity contribution >= 4 is 53.7 Å². The molecular formula is C32H45BrN4O8S2. The van der Waals surface area contributed by atoms with E-state index >= 15 is 0 Å². The van der Waals surface area contributed by atoms with E-state index in [1.807, 2.05) is 23.1 Å². The highest BCUT2D eigenvalue weighted by molar-refractivity contribution is 9.10. The summed E-state index contributed by atoms with van der Waals surface area (Å²) in [6.45, 7) is 7.72. The molecule has 0 amide bonds. The quantitative estimate of drug-likeness (QED) is 0.265. The Morgan fingerprint density at radius 3 is 2.23 bits per heavy atom. The number of hydrogen-bond donors (Lipinski definition) is 3. The van der Waals surface area contributed by atoms with Gasteiger partial charge in [0.05, 0.1) is 21.0 Å². The summed E-state index contributed by atoms with van der Waals surface area (Å²) in [5.41, 5.74) is 0.994. The Labute approximate surface area is 286 Å². The first-order valence-electron chi connectivity index (χ1n) is 15.9. The summed E-state index contributed by atoms with van der Waals surface area (Å²) in [6.07, 6.45) is 4.81. The number of benzene rings is 1. The van der Waals surface area contributed by atoms with Gasteiger partial charge in [0, 0.05) is 32.4 Å². The van der Waals surface area contributed by atoms with E-state index < -0.39 is 49.7 Å². The summed E-state index contributed by atoms with van der Waals surface area (Å²) in [7, 11) is -7.84. The molecular weight excluding hydrogens is 712 g/mol. The minimum absolute atomic E-state index is 0.0714. The summed E-state index contributed by atoms with van der Waals surface area (Å²) >= 11 is 3.48. The second-order valence-electron chi connectivity index (χ2n) is 13.5. The predicted molar refractivity (Wildman–Crippen MR) is 182 cm³/mol. The number of carboxylic acids is 2. The Morgan fingerprint density at radius 2 is 1.66 bits per heavy atom. The van der Waals surface area contributed by atoms with Crippen molar-refractivity contribution in [2.45, 2.75) is 87.3 Å². The van der Waals surface area contributed by atoms with Crippen LogP contribution in [0.2, 0.25) is 0 Å². The number of aromatic nitrogens is 1. The maximum absolute atomic E-state index is 13.6. The van der Waals surface area contributed by atoms with Gasteiger partial charge in [-0.1, -0.05) is 45.7 Å². The highest BCUT2D eigenvalue weighted by Gasteiger charge is 2.41. The van der Waals surface area contributed by atoms with Crippen molar-refractivity contribution in [1.82, 2.24) is 14.0 Å². The van der Waals surface area contributed by atoms with E-state index in [9.17, 15) is 31.5 Å². The van der Waals surface area contributed by atoms with Crippen molar-refractivity contribution in [2.24, 2.45) is 11.8 Å². The summed E-state index contributed by atoms with van der Waals surface area (Å²) in [5.74, 6) is -2.38. The summed E-state index contributed by atoms with van der Waals surface area (Å²) in [4.78, 5) is 29.5. The molecule has 0 bridgehead atoms. The molecule has 12 nitrogen and oxygen atoms in total. The topological polar surface area (TPSA) is 174 Å². The third-order valence-corrected chi connectivity index (χ3v) is 13.7. The van der Waals surface area contributed by atoms with Crippen LogP contribution in [0.25, 0.3) is 0 Å². The highest BCUT2D eigenvalue weighted by atomic mass is 79.9. The molecule has 3 N–H and O–H groups in total. The van der Waals surface area contributed by atoms with Crippen LogP contribution in [0.3, 0.4) is 0 Å². The van der Waals surface area contributed by atoms with E-state index in [0.717, 1.165) is 18.4 Å². The molecule has 0 saturated carbocycles. The zero-order valence-electron chi connectivity index (χ0n) is 27.0. The minimum Gasteiger partial charge on any atom is -0.481 e. The van der Waals surface area contributed by atoms with E-state index in [2.05, 4.69) is 46.4 Å². The van der Waals surface area contributed by atoms with Gasteiger partial charge in [0.25, 0.3) is 0 Å². The largest absolute Gasteiger partial charge is 0.481 e. The van der Waals surface area contributed by atoms with Crippen LogP contribution >= 0.6 is 15.9 Å². The zero-order valence-corrected chi connectivity index (χ0v) is 30.2. The predicted octanol–water partition coefficient (Wildman–Crippen LogP) is 4.46. The van der Waals surface area contributed by atoms with E-state index in [0.29, 0.717) is 66.4 Å². The highest BCUT2D eigenvalue weighted by Crippen LogP contribution is 2.35. The molecule has 15 heteroatoms. The number of nitrogens with one attached hydrogen (secondary N) is 1. The molecule has 2 aromatic rings. The number of anilines is 1. The van der Waals surface area contributed by atoms with Crippen LogP contribution < -0.4 is 9.62 Å². The Hall–Kier alpha value is -2.59. The van der Waals surface area contributed by atoms with Gasteiger partial charge in [-0.2, -0.15) is 4.31 Å². The molecule has 3 atom stereocenters. The molecule has 0 aliphatic carbocycles. The third-order valence-electron chi connectivity index (χ3n) is 9.24. The maximum atomic E-state index is 13.6. The van der Waals surface area contributed by atoms with Crippen molar-refractivity contribution < 1.29 is 36.6 Å². The van der Waals surface area contributed by atoms with Gasteiger partial charge < -0.3 is 15.1 Å². The monoisotopic (exact) mass is 756 g/mol. The van der Waals surface area contributed by atoms with Crippen LogP contribution in [0.4, 0.5) is 5.82 Å². The first-order valence-corrected chi connectivity index (χ1v) is 19.7. The molecule has 2 saturated heterocycles. The van der Waals surface area contributed by atoms with Gasteiger partial charge in [0.15, 0.2) is 0 Å². The number of hydrogen-bond acceptors (Lipinski definition) is 8. The number of aliphatic carboxylic acids is 2. The number of sulfonamides is 2. The molecule has 2 aliphatic heterocycles. The lowest BCUT2D eigenvalue weighted by atomic mass is 9.87. The Morgan fingerprint density at radius 1 is 1.00 bits per heavy atom. The lowest BCUT2D eigenvalue weighted by Crippen LogP contribution is -2.54. The van der Waals surface area contributed by atoms with E-state index in [-0.39, 0.29) is 17.9 Å². The number of piperidine rings is 2. The molecule has 47 heavy (non-hydrogen) atoms. The van der Waals surface area contributed by atoms with Gasteiger partial charge >= 0.3 is 11.9 Å². The normalized spacial score (nSPS) is 21.0. The number of pyridine rings is 1. The zero-order chi connectivity index (χ0) is 34.6. The molecule has 0 radical (unpaired) electrons. The lowest BCUT2D eigenvalue weighted by Gasteiger charge is -2.39. The Bertz CT molecular complexity index is 1620. The van der Waals surface area contributed by atoms with Crippen molar-refractivity contribution in [3.05, 3.63) is 52.6 Å². The Kier molecular flexibility index (Phi) is 12.1. The Balaban J connectivity index is 1.38. The average molecular weight is 758 g/mol. The van der Waals surface area contributed by atoms with Crippen LogP contribution in [0, 0.1) is 11.8 Å². The van der Waals surface area contributed by atoms with Crippen molar-refractivity contribution in [3.8, 4) is 0 Å². The number of halogens is 1. The standard InChI is InChI=1S/C32H45BrN4O8S2/c1-32(2,3)24-9-11-25(12-10-24)47(44,45)37-18-13-22(14-19-37)6-4-7-23-15-17-36(30-26(33)8-5-16-34-30)21-28(23)46(42,43)35-27(31(40)41)20-29(38)39/h5,8-12,16,22-23,27-28,35H,4,6-7,13-15,17-21H2,1-3H3,(H,38,39)(H,40,41). The number of carboxylic acid groups (broad SMARTS) is 2. The molecule has 3 unspecified atom stereocenters. The minimum atomic E-state index is -4.24. The molecule has 2 fully saturated rings.